The average Bonchev–Trinajstić information content (AvgIpc) is 2.36. The van der Waals surface area contributed by atoms with E-state index in [0.717, 1.165) is 0 Å². The van der Waals surface area contributed by atoms with E-state index >= 15 is 0 Å². The maximum absolute atomic E-state index is 11.4. The molecule has 0 radical (unpaired) electrons. The van der Waals surface area contributed by atoms with E-state index in [4.69, 9.17) is 4.84 Å². The Bertz CT molecular complexity index is 483. The third-order valence-electron chi connectivity index (χ3n) is 2.10. The van der Waals surface area contributed by atoms with E-state index in [9.17, 15) is 14.9 Å². The van der Waals surface area contributed by atoms with Crippen LogP contribution in [0.2, 0.25) is 0 Å². The fourth-order valence-corrected chi connectivity index (χ4v) is 1.23. The van der Waals surface area contributed by atoms with Crippen LogP contribution in [-0.4, -0.2) is 17.4 Å². The first-order valence-corrected chi connectivity index (χ1v) is 5.83. The summed E-state index contributed by atoms with van der Waals surface area (Å²) in [6.45, 7) is 4.35. The lowest BCUT2D eigenvalue weighted by Crippen LogP contribution is -2.23. The van der Waals surface area contributed by atoms with Gasteiger partial charge in [0.25, 0.3) is 11.6 Å². The summed E-state index contributed by atoms with van der Waals surface area (Å²) < 4.78 is 0. The number of hydrogen-bond donors (Lipinski definition) is 1. The number of hydrogen-bond acceptors (Lipinski definition) is 4. The van der Waals surface area contributed by atoms with Gasteiger partial charge in [-0.1, -0.05) is 26.0 Å². The third kappa shape index (κ3) is 5.78. The Morgan fingerprint density at radius 3 is 2.89 bits per heavy atom. The molecule has 0 aliphatic heterocycles. The van der Waals surface area contributed by atoms with Crippen molar-refractivity contribution in [2.75, 3.05) is 6.61 Å². The summed E-state index contributed by atoms with van der Waals surface area (Å²) in [5.41, 5.74) is 2.82. The van der Waals surface area contributed by atoms with E-state index in [1.807, 2.05) is 13.8 Å². The van der Waals surface area contributed by atoms with E-state index in [1.165, 1.54) is 24.3 Å². The Labute approximate surface area is 111 Å². The first kappa shape index (κ1) is 14.8. The molecule has 1 N–H and O–H groups in total. The first-order valence-electron chi connectivity index (χ1n) is 5.83. The molecule has 0 unspecified atom stereocenters. The number of non-ortho nitro benzene ring substituents is 1. The fourth-order valence-electron chi connectivity index (χ4n) is 1.23. The molecule has 0 aromatic heterocycles. The molecule has 19 heavy (non-hydrogen) atoms. The molecule has 0 spiro atoms. The minimum absolute atomic E-state index is 0.0152. The van der Waals surface area contributed by atoms with Crippen LogP contribution in [0.1, 0.15) is 19.4 Å². The lowest BCUT2D eigenvalue weighted by Gasteiger charge is -2.05. The number of nitrogens with one attached hydrogen (secondary N) is 1. The van der Waals surface area contributed by atoms with Gasteiger partial charge in [-0.15, -0.1) is 0 Å². The lowest BCUT2D eigenvalue weighted by molar-refractivity contribution is -0.384. The SMILES string of the molecule is CC(C)CONC(=O)/C=C/c1cccc([N+](=O)[O-])c1. The van der Waals surface area contributed by atoms with Gasteiger partial charge in [0.05, 0.1) is 11.5 Å². The van der Waals surface area contributed by atoms with Crippen LogP contribution in [0.3, 0.4) is 0 Å². The number of hydroxylamine groups is 1. The first-order chi connectivity index (χ1) is 8.99. The molecule has 0 heterocycles. The number of carbonyl (C=O) groups excluding carboxylic acids is 1. The number of nitrogens with zero attached hydrogens (tertiary/aromatic N) is 1. The monoisotopic (exact) mass is 264 g/mol. The minimum Gasteiger partial charge on any atom is -0.273 e. The second-order valence-electron chi connectivity index (χ2n) is 4.36. The van der Waals surface area contributed by atoms with Gasteiger partial charge in [-0.25, -0.2) is 5.48 Å². The topological polar surface area (TPSA) is 81.5 Å². The number of amides is 1. The van der Waals surface area contributed by atoms with Crippen molar-refractivity contribution in [3.63, 3.8) is 0 Å². The van der Waals surface area contributed by atoms with Crippen LogP contribution in [0.5, 0.6) is 0 Å². The van der Waals surface area contributed by atoms with Crippen LogP contribution >= 0.6 is 0 Å². The summed E-state index contributed by atoms with van der Waals surface area (Å²) in [4.78, 5) is 26.4. The number of nitro groups is 1. The molecule has 0 saturated carbocycles. The molecule has 0 aliphatic carbocycles. The Morgan fingerprint density at radius 1 is 1.53 bits per heavy atom. The van der Waals surface area contributed by atoms with Crippen LogP contribution in [0.25, 0.3) is 6.08 Å². The quantitative estimate of drug-likeness (QED) is 0.485. The van der Waals surface area contributed by atoms with Crippen molar-refractivity contribution in [3.8, 4) is 0 Å². The Balaban J connectivity index is 2.54. The number of nitro benzene ring substituents is 1. The molecule has 6 nitrogen and oxygen atoms in total. The molecular formula is C13H16N2O4. The highest BCUT2D eigenvalue weighted by Crippen LogP contribution is 2.13. The van der Waals surface area contributed by atoms with E-state index in [2.05, 4.69) is 5.48 Å². The van der Waals surface area contributed by atoms with Crippen molar-refractivity contribution in [2.24, 2.45) is 5.92 Å². The van der Waals surface area contributed by atoms with Crippen LogP contribution < -0.4 is 5.48 Å². The zero-order valence-corrected chi connectivity index (χ0v) is 10.8. The van der Waals surface area contributed by atoms with Gasteiger partial charge in [0.15, 0.2) is 0 Å². The Kier molecular flexibility index (Phi) is 5.69. The van der Waals surface area contributed by atoms with Gasteiger partial charge < -0.3 is 0 Å². The molecule has 1 rings (SSSR count). The molecule has 0 fully saturated rings. The molecule has 0 bridgehead atoms. The molecule has 0 atom stereocenters. The van der Waals surface area contributed by atoms with Crippen molar-refractivity contribution in [3.05, 3.63) is 46.0 Å². The fraction of sp³-hybridized carbons (Fsp3) is 0.308. The van der Waals surface area contributed by atoms with Crippen molar-refractivity contribution in [2.45, 2.75) is 13.8 Å². The Hall–Kier alpha value is -2.21. The molecule has 1 amide bonds. The van der Waals surface area contributed by atoms with Gasteiger partial charge in [0.2, 0.25) is 0 Å². The van der Waals surface area contributed by atoms with E-state index in [-0.39, 0.29) is 5.69 Å². The zero-order valence-electron chi connectivity index (χ0n) is 10.8. The van der Waals surface area contributed by atoms with Crippen LogP contribution in [-0.2, 0) is 9.63 Å². The third-order valence-corrected chi connectivity index (χ3v) is 2.10. The molecule has 0 saturated heterocycles. The number of benzene rings is 1. The number of rotatable bonds is 6. The second kappa shape index (κ2) is 7.27. The van der Waals surface area contributed by atoms with Gasteiger partial charge >= 0.3 is 0 Å². The van der Waals surface area contributed by atoms with Crippen molar-refractivity contribution < 1.29 is 14.6 Å². The van der Waals surface area contributed by atoms with Crippen LogP contribution in [0.4, 0.5) is 5.69 Å². The highest BCUT2D eigenvalue weighted by Gasteiger charge is 2.04. The normalized spacial score (nSPS) is 10.9. The van der Waals surface area contributed by atoms with E-state index in [1.54, 1.807) is 12.1 Å². The molecule has 0 aliphatic rings. The second-order valence-corrected chi connectivity index (χ2v) is 4.36. The van der Waals surface area contributed by atoms with Crippen molar-refractivity contribution >= 4 is 17.7 Å². The largest absolute Gasteiger partial charge is 0.273 e. The van der Waals surface area contributed by atoms with Crippen molar-refractivity contribution in [1.29, 1.82) is 0 Å². The van der Waals surface area contributed by atoms with Gasteiger partial charge in [0, 0.05) is 18.2 Å². The number of carbonyl (C=O) groups is 1. The van der Waals surface area contributed by atoms with Gasteiger partial charge in [-0.05, 0) is 17.6 Å². The molecule has 6 heteroatoms. The van der Waals surface area contributed by atoms with E-state index < -0.39 is 10.8 Å². The smallest absolute Gasteiger partial charge is 0.270 e. The van der Waals surface area contributed by atoms with Crippen molar-refractivity contribution in [1.82, 2.24) is 5.48 Å². The lowest BCUT2D eigenvalue weighted by atomic mass is 10.2. The summed E-state index contributed by atoms with van der Waals surface area (Å²) in [5, 5.41) is 10.6. The molecule has 1 aromatic carbocycles. The Morgan fingerprint density at radius 2 is 2.26 bits per heavy atom. The summed E-state index contributed by atoms with van der Waals surface area (Å²) in [6, 6.07) is 6.01. The molecular weight excluding hydrogens is 248 g/mol. The van der Waals surface area contributed by atoms with Crippen LogP contribution in [0.15, 0.2) is 30.3 Å². The summed E-state index contributed by atoms with van der Waals surface area (Å²) in [5.74, 6) is -0.0896. The summed E-state index contributed by atoms with van der Waals surface area (Å²) in [6.07, 6.45) is 2.75. The predicted molar refractivity (Wildman–Crippen MR) is 71.1 cm³/mol. The highest BCUT2D eigenvalue weighted by molar-refractivity contribution is 5.91. The summed E-state index contributed by atoms with van der Waals surface area (Å²) >= 11 is 0. The molecule has 102 valence electrons. The minimum atomic E-state index is -0.483. The highest BCUT2D eigenvalue weighted by atomic mass is 16.7. The maximum atomic E-state index is 11.4. The maximum Gasteiger partial charge on any atom is 0.270 e. The zero-order chi connectivity index (χ0) is 14.3. The van der Waals surface area contributed by atoms with Gasteiger partial charge in [-0.3, -0.25) is 19.7 Å². The summed E-state index contributed by atoms with van der Waals surface area (Å²) in [7, 11) is 0. The average molecular weight is 264 g/mol. The molecule has 1 aromatic rings. The van der Waals surface area contributed by atoms with Crippen LogP contribution in [0, 0.1) is 16.0 Å². The predicted octanol–water partition coefficient (Wildman–Crippen LogP) is 2.31. The van der Waals surface area contributed by atoms with Gasteiger partial charge in [-0.2, -0.15) is 0 Å². The van der Waals surface area contributed by atoms with Gasteiger partial charge in [0.1, 0.15) is 0 Å². The van der Waals surface area contributed by atoms with E-state index in [0.29, 0.717) is 18.1 Å². The standard InChI is InChI=1S/C13H16N2O4/c1-10(2)9-19-14-13(16)7-6-11-4-3-5-12(8-11)15(17)18/h3-8,10H,9H2,1-2H3,(H,14,16)/b7-6+.